The van der Waals surface area contributed by atoms with Crippen molar-refractivity contribution in [2.75, 3.05) is 19.0 Å². The Kier molecular flexibility index (Phi) is 5.15. The van der Waals surface area contributed by atoms with Crippen LogP contribution in [0.1, 0.15) is 5.56 Å². The molecule has 0 saturated carbocycles. The van der Waals surface area contributed by atoms with Gasteiger partial charge in [0.15, 0.2) is 0 Å². The minimum Gasteiger partial charge on any atom is -0.497 e. The number of nitrogens with one attached hydrogen (secondary N) is 2. The van der Waals surface area contributed by atoms with E-state index >= 15 is 0 Å². The van der Waals surface area contributed by atoms with Crippen molar-refractivity contribution in [2.24, 2.45) is 0 Å². The zero-order valence-corrected chi connectivity index (χ0v) is 11.7. The van der Waals surface area contributed by atoms with Gasteiger partial charge < -0.3 is 15.4 Å². The molecule has 0 radical (unpaired) electrons. The zero-order chi connectivity index (χ0) is 15.1. The molecule has 0 atom stereocenters. The van der Waals surface area contributed by atoms with Crippen LogP contribution in [0.2, 0.25) is 0 Å². The van der Waals surface area contributed by atoms with Gasteiger partial charge in [0.05, 0.1) is 13.7 Å². The van der Waals surface area contributed by atoms with Gasteiger partial charge in [-0.25, -0.2) is 4.39 Å². The highest BCUT2D eigenvalue weighted by Crippen LogP contribution is 2.16. The van der Waals surface area contributed by atoms with Crippen LogP contribution in [0.25, 0.3) is 0 Å². The molecule has 2 aromatic carbocycles. The Labute approximate surface area is 122 Å². The summed E-state index contributed by atoms with van der Waals surface area (Å²) in [6.07, 6.45) is 0. The second-order valence-corrected chi connectivity index (χ2v) is 4.45. The van der Waals surface area contributed by atoms with Gasteiger partial charge in [0.25, 0.3) is 0 Å². The van der Waals surface area contributed by atoms with Gasteiger partial charge in [0.2, 0.25) is 5.91 Å². The van der Waals surface area contributed by atoms with Crippen LogP contribution in [0.4, 0.5) is 10.1 Å². The van der Waals surface area contributed by atoms with Gasteiger partial charge in [-0.1, -0.05) is 24.3 Å². The van der Waals surface area contributed by atoms with Crippen LogP contribution >= 0.6 is 0 Å². The van der Waals surface area contributed by atoms with Crippen molar-refractivity contribution in [3.05, 3.63) is 59.9 Å². The van der Waals surface area contributed by atoms with Crippen LogP contribution in [0.3, 0.4) is 0 Å². The number of benzene rings is 2. The highest BCUT2D eigenvalue weighted by atomic mass is 19.1. The molecule has 0 spiro atoms. The van der Waals surface area contributed by atoms with E-state index in [9.17, 15) is 9.18 Å². The van der Waals surface area contributed by atoms with Gasteiger partial charge in [-0.05, 0) is 18.2 Å². The van der Waals surface area contributed by atoms with E-state index in [4.69, 9.17) is 4.74 Å². The van der Waals surface area contributed by atoms with Crippen LogP contribution in [0.15, 0.2) is 48.5 Å². The highest BCUT2D eigenvalue weighted by Gasteiger charge is 2.04. The Morgan fingerprint density at radius 2 is 2.00 bits per heavy atom. The second-order valence-electron chi connectivity index (χ2n) is 4.45. The van der Waals surface area contributed by atoms with E-state index in [0.717, 1.165) is 5.69 Å². The summed E-state index contributed by atoms with van der Waals surface area (Å²) in [5, 5.41) is 5.65. The molecule has 0 aliphatic heterocycles. The molecule has 0 fully saturated rings. The number of hydrogen-bond donors (Lipinski definition) is 2. The van der Waals surface area contributed by atoms with E-state index in [1.165, 1.54) is 6.07 Å². The van der Waals surface area contributed by atoms with Gasteiger partial charge >= 0.3 is 0 Å². The molecule has 2 rings (SSSR count). The number of halogens is 1. The molecule has 0 aliphatic rings. The van der Waals surface area contributed by atoms with Crippen LogP contribution in [0.5, 0.6) is 5.75 Å². The van der Waals surface area contributed by atoms with Crippen molar-refractivity contribution in [1.82, 2.24) is 5.32 Å². The molecule has 0 heterocycles. The van der Waals surface area contributed by atoms with Gasteiger partial charge in [0, 0.05) is 23.9 Å². The van der Waals surface area contributed by atoms with Gasteiger partial charge in [0.1, 0.15) is 11.6 Å². The molecule has 0 aromatic heterocycles. The number of rotatable bonds is 6. The second kappa shape index (κ2) is 7.28. The lowest BCUT2D eigenvalue weighted by Crippen LogP contribution is -2.29. The zero-order valence-electron chi connectivity index (χ0n) is 11.7. The maximum absolute atomic E-state index is 13.4. The van der Waals surface area contributed by atoms with E-state index in [1.807, 2.05) is 18.2 Å². The monoisotopic (exact) mass is 288 g/mol. The Hall–Kier alpha value is -2.56. The fourth-order valence-corrected chi connectivity index (χ4v) is 1.81. The van der Waals surface area contributed by atoms with Crippen LogP contribution in [-0.2, 0) is 11.3 Å². The molecule has 5 heteroatoms. The molecule has 0 aliphatic carbocycles. The summed E-state index contributed by atoms with van der Waals surface area (Å²) in [7, 11) is 1.58. The molecular formula is C16H17FN2O2. The van der Waals surface area contributed by atoms with Crippen molar-refractivity contribution in [3.8, 4) is 5.75 Å². The van der Waals surface area contributed by atoms with Gasteiger partial charge in [-0.3, -0.25) is 4.79 Å². The topological polar surface area (TPSA) is 50.4 Å². The number of ether oxygens (including phenoxy) is 1. The summed E-state index contributed by atoms with van der Waals surface area (Å²) in [6.45, 7) is 0.285. The Morgan fingerprint density at radius 1 is 1.19 bits per heavy atom. The Bertz CT molecular complexity index is 617. The summed E-state index contributed by atoms with van der Waals surface area (Å²) in [5.41, 5.74) is 1.25. The normalized spacial score (nSPS) is 10.0. The summed E-state index contributed by atoms with van der Waals surface area (Å²) in [4.78, 5) is 11.7. The van der Waals surface area contributed by atoms with Gasteiger partial charge in [-0.2, -0.15) is 0 Å². The minimum absolute atomic E-state index is 0.113. The van der Waals surface area contributed by atoms with Crippen LogP contribution in [0, 0.1) is 5.82 Å². The quantitative estimate of drug-likeness (QED) is 0.859. The number of carbonyl (C=O) groups is 1. The van der Waals surface area contributed by atoms with E-state index in [0.29, 0.717) is 11.3 Å². The van der Waals surface area contributed by atoms with Crippen molar-refractivity contribution >= 4 is 11.6 Å². The molecule has 2 N–H and O–H groups in total. The standard InChI is InChI=1S/C16H17FN2O2/c1-21-14-7-4-6-13(9-14)18-11-16(20)19-10-12-5-2-3-8-15(12)17/h2-9,18H,10-11H2,1H3,(H,19,20). The molecule has 2 aromatic rings. The minimum atomic E-state index is -0.321. The first kappa shape index (κ1) is 14.8. The van der Waals surface area contributed by atoms with E-state index in [-0.39, 0.29) is 24.8 Å². The molecule has 0 saturated heterocycles. The number of anilines is 1. The van der Waals surface area contributed by atoms with E-state index < -0.39 is 0 Å². The van der Waals surface area contributed by atoms with E-state index in [2.05, 4.69) is 10.6 Å². The Morgan fingerprint density at radius 3 is 2.76 bits per heavy atom. The summed E-state index contributed by atoms with van der Waals surface area (Å²) in [5.74, 6) is 0.186. The average molecular weight is 288 g/mol. The number of amides is 1. The van der Waals surface area contributed by atoms with Crippen molar-refractivity contribution in [3.63, 3.8) is 0 Å². The highest BCUT2D eigenvalue weighted by molar-refractivity contribution is 5.80. The third-order valence-electron chi connectivity index (χ3n) is 2.96. The first-order valence-corrected chi connectivity index (χ1v) is 6.57. The predicted molar refractivity (Wildman–Crippen MR) is 79.7 cm³/mol. The number of hydrogen-bond acceptors (Lipinski definition) is 3. The Balaban J connectivity index is 1.81. The van der Waals surface area contributed by atoms with Crippen molar-refractivity contribution in [1.29, 1.82) is 0 Å². The van der Waals surface area contributed by atoms with Crippen molar-refractivity contribution < 1.29 is 13.9 Å². The third-order valence-corrected chi connectivity index (χ3v) is 2.96. The summed E-state index contributed by atoms with van der Waals surface area (Å²) < 4.78 is 18.5. The lowest BCUT2D eigenvalue weighted by molar-refractivity contribution is -0.119. The summed E-state index contributed by atoms with van der Waals surface area (Å²) >= 11 is 0. The lowest BCUT2D eigenvalue weighted by Gasteiger charge is -2.09. The van der Waals surface area contributed by atoms with E-state index in [1.54, 1.807) is 31.4 Å². The number of methoxy groups -OCH3 is 1. The first-order chi connectivity index (χ1) is 10.2. The first-order valence-electron chi connectivity index (χ1n) is 6.57. The molecule has 0 bridgehead atoms. The molecule has 110 valence electrons. The fourth-order valence-electron chi connectivity index (χ4n) is 1.81. The third kappa shape index (κ3) is 4.49. The molecule has 1 amide bonds. The predicted octanol–water partition coefficient (Wildman–Crippen LogP) is 2.56. The molecule has 0 unspecified atom stereocenters. The van der Waals surface area contributed by atoms with Crippen LogP contribution in [-0.4, -0.2) is 19.6 Å². The molecular weight excluding hydrogens is 271 g/mol. The largest absolute Gasteiger partial charge is 0.497 e. The smallest absolute Gasteiger partial charge is 0.239 e. The SMILES string of the molecule is COc1cccc(NCC(=O)NCc2ccccc2F)c1. The summed E-state index contributed by atoms with van der Waals surface area (Å²) in [6, 6.07) is 13.7. The molecule has 4 nitrogen and oxygen atoms in total. The molecule has 21 heavy (non-hydrogen) atoms. The fraction of sp³-hybridized carbons (Fsp3) is 0.188. The van der Waals surface area contributed by atoms with Gasteiger partial charge in [-0.15, -0.1) is 0 Å². The van der Waals surface area contributed by atoms with Crippen LogP contribution < -0.4 is 15.4 Å². The average Bonchev–Trinajstić information content (AvgIpc) is 2.52. The van der Waals surface area contributed by atoms with Crippen molar-refractivity contribution in [2.45, 2.75) is 6.54 Å². The maximum Gasteiger partial charge on any atom is 0.239 e. The number of carbonyl (C=O) groups excluding carboxylic acids is 1. The lowest BCUT2D eigenvalue weighted by atomic mass is 10.2. The maximum atomic E-state index is 13.4.